The molecule has 2 aromatic rings. The van der Waals surface area contributed by atoms with Gasteiger partial charge < -0.3 is 14.6 Å². The first-order chi connectivity index (χ1) is 13.2. The minimum atomic E-state index is -1.09. The Morgan fingerprint density at radius 1 is 1.21 bits per heavy atom. The van der Waals surface area contributed by atoms with Gasteiger partial charge in [-0.3, -0.25) is 4.90 Å². The number of benzene rings is 1. The van der Waals surface area contributed by atoms with Gasteiger partial charge in [-0.25, -0.2) is 9.59 Å². The van der Waals surface area contributed by atoms with E-state index in [0.717, 1.165) is 5.56 Å². The molecule has 1 aliphatic rings. The fraction of sp³-hybridized carbons (Fsp3) is 0.500. The van der Waals surface area contributed by atoms with Crippen LogP contribution in [0.5, 0.6) is 5.75 Å². The number of hydrogen-bond acceptors (Lipinski definition) is 7. The molecule has 0 bridgehead atoms. The number of likely N-dealkylation sites (tertiary alicyclic amines) is 1. The first kappa shape index (κ1) is 19.6. The van der Waals surface area contributed by atoms with Crippen LogP contribution in [0.2, 0.25) is 0 Å². The van der Waals surface area contributed by atoms with Gasteiger partial charge in [-0.2, -0.15) is 4.80 Å². The summed E-state index contributed by atoms with van der Waals surface area (Å²) in [6.07, 6.45) is -0.495. The first-order valence-corrected chi connectivity index (χ1v) is 8.84. The van der Waals surface area contributed by atoms with Gasteiger partial charge in [0.05, 0.1) is 13.2 Å². The molecule has 0 saturated carbocycles. The highest BCUT2D eigenvalue weighted by Crippen LogP contribution is 2.29. The normalized spacial score (nSPS) is 19.5. The summed E-state index contributed by atoms with van der Waals surface area (Å²) in [6.45, 7) is 5.32. The molecule has 1 N–H and O–H groups in total. The molecule has 1 fully saturated rings. The number of aliphatic carboxylic acids is 1. The number of amides is 1. The fourth-order valence-corrected chi connectivity index (χ4v) is 2.97. The molecule has 10 nitrogen and oxygen atoms in total. The number of carboxylic acid groups (broad SMARTS) is 1. The summed E-state index contributed by atoms with van der Waals surface area (Å²) in [5.74, 6) is 0.0262. The highest BCUT2D eigenvalue weighted by atomic mass is 16.6. The number of ether oxygens (including phenoxy) is 2. The fourth-order valence-electron chi connectivity index (χ4n) is 2.97. The van der Waals surface area contributed by atoms with E-state index < -0.39 is 29.7 Å². The minimum absolute atomic E-state index is 0.129. The molecule has 0 spiro atoms. The van der Waals surface area contributed by atoms with Crippen LogP contribution in [0, 0.1) is 0 Å². The maximum atomic E-state index is 12.4. The Labute approximate surface area is 162 Å². The lowest BCUT2D eigenvalue weighted by Gasteiger charge is -2.26. The average Bonchev–Trinajstić information content (AvgIpc) is 3.27. The lowest BCUT2D eigenvalue weighted by atomic mass is 10.2. The van der Waals surface area contributed by atoms with Gasteiger partial charge in [0, 0.05) is 18.5 Å². The molecule has 2 atom stereocenters. The van der Waals surface area contributed by atoms with Gasteiger partial charge in [-0.1, -0.05) is 0 Å². The van der Waals surface area contributed by atoms with E-state index in [-0.39, 0.29) is 13.0 Å². The van der Waals surface area contributed by atoms with Gasteiger partial charge >= 0.3 is 12.1 Å². The predicted molar refractivity (Wildman–Crippen MR) is 97.8 cm³/mol. The highest BCUT2D eigenvalue weighted by molar-refractivity contribution is 5.81. The summed E-state index contributed by atoms with van der Waals surface area (Å²) < 4.78 is 10.5. The summed E-state index contributed by atoms with van der Waals surface area (Å²) in [6, 6.07) is 5.78. The van der Waals surface area contributed by atoms with Gasteiger partial charge in [0.1, 0.15) is 17.4 Å². The molecular weight excluding hydrogens is 366 g/mol. The maximum absolute atomic E-state index is 12.4. The molecule has 2 unspecified atom stereocenters. The number of aromatic nitrogens is 4. The number of carbonyl (C=O) groups excluding carboxylic acids is 1. The zero-order valence-electron chi connectivity index (χ0n) is 16.2. The molecule has 3 rings (SSSR count). The molecule has 1 aliphatic heterocycles. The van der Waals surface area contributed by atoms with Crippen LogP contribution >= 0.6 is 0 Å². The zero-order chi connectivity index (χ0) is 20.5. The van der Waals surface area contributed by atoms with Crippen LogP contribution in [0.4, 0.5) is 4.79 Å². The molecule has 0 aliphatic carbocycles. The van der Waals surface area contributed by atoms with E-state index in [9.17, 15) is 14.7 Å². The third-order valence-electron chi connectivity index (χ3n) is 4.30. The van der Waals surface area contributed by atoms with Crippen molar-refractivity contribution in [1.82, 2.24) is 25.1 Å². The molecule has 2 heterocycles. The van der Waals surface area contributed by atoms with Crippen molar-refractivity contribution in [2.24, 2.45) is 0 Å². The Bertz CT molecular complexity index is 858. The SMILES string of the molecule is COc1ccc(-c2nnn(C3CC(C(=O)O)N(C(=O)OC(C)(C)C)C3)n2)cc1. The van der Waals surface area contributed by atoms with Gasteiger partial charge in [0.25, 0.3) is 0 Å². The van der Waals surface area contributed by atoms with Crippen LogP contribution in [-0.2, 0) is 9.53 Å². The standard InChI is InChI=1S/C18H23N5O5/c1-18(2,3)28-17(26)22-10-12(9-14(22)16(24)25)23-20-15(19-21-23)11-5-7-13(27-4)8-6-11/h5-8,12,14H,9-10H2,1-4H3,(H,24,25). The molecular formula is C18H23N5O5. The Morgan fingerprint density at radius 3 is 2.46 bits per heavy atom. The predicted octanol–water partition coefficient (Wildman–Crippen LogP) is 1.98. The van der Waals surface area contributed by atoms with Crippen molar-refractivity contribution >= 4 is 12.1 Å². The van der Waals surface area contributed by atoms with Crippen molar-refractivity contribution < 1.29 is 24.2 Å². The van der Waals surface area contributed by atoms with Crippen molar-refractivity contribution in [2.45, 2.75) is 44.9 Å². The van der Waals surface area contributed by atoms with Crippen molar-refractivity contribution in [3.05, 3.63) is 24.3 Å². The Balaban J connectivity index is 1.77. The van der Waals surface area contributed by atoms with Gasteiger partial charge in [-0.05, 0) is 50.3 Å². The maximum Gasteiger partial charge on any atom is 0.411 e. The van der Waals surface area contributed by atoms with Crippen LogP contribution in [0.25, 0.3) is 11.4 Å². The van der Waals surface area contributed by atoms with Gasteiger partial charge in [0.2, 0.25) is 5.82 Å². The molecule has 1 saturated heterocycles. The van der Waals surface area contributed by atoms with Crippen LogP contribution in [-0.4, -0.2) is 67.6 Å². The summed E-state index contributed by atoms with van der Waals surface area (Å²) in [4.78, 5) is 26.6. The summed E-state index contributed by atoms with van der Waals surface area (Å²) >= 11 is 0. The topological polar surface area (TPSA) is 120 Å². The molecule has 0 radical (unpaired) electrons. The smallest absolute Gasteiger partial charge is 0.411 e. The first-order valence-electron chi connectivity index (χ1n) is 8.84. The van der Waals surface area contributed by atoms with Crippen LogP contribution in [0.3, 0.4) is 0 Å². The number of tetrazole rings is 1. The Morgan fingerprint density at radius 2 is 1.89 bits per heavy atom. The highest BCUT2D eigenvalue weighted by Gasteiger charge is 2.43. The number of carboxylic acids is 1. The van der Waals surface area contributed by atoms with E-state index in [1.165, 1.54) is 9.70 Å². The second kappa shape index (κ2) is 7.45. The zero-order valence-corrected chi connectivity index (χ0v) is 16.2. The van der Waals surface area contributed by atoms with Crippen LogP contribution in [0.15, 0.2) is 24.3 Å². The lowest BCUT2D eigenvalue weighted by molar-refractivity contribution is -0.142. The molecule has 1 aromatic heterocycles. The monoisotopic (exact) mass is 389 g/mol. The third kappa shape index (κ3) is 4.21. The number of hydrogen-bond donors (Lipinski definition) is 1. The van der Waals surface area contributed by atoms with E-state index in [1.807, 2.05) is 12.1 Å². The Kier molecular flexibility index (Phi) is 5.21. The summed E-state index contributed by atoms with van der Waals surface area (Å²) in [5, 5.41) is 22.0. The molecule has 10 heteroatoms. The summed E-state index contributed by atoms with van der Waals surface area (Å²) in [5.41, 5.74) is 0.0365. The van der Waals surface area contributed by atoms with E-state index in [0.29, 0.717) is 11.6 Å². The van der Waals surface area contributed by atoms with E-state index in [1.54, 1.807) is 40.0 Å². The van der Waals surface area contributed by atoms with Crippen molar-refractivity contribution in [2.75, 3.05) is 13.7 Å². The number of rotatable bonds is 4. The van der Waals surface area contributed by atoms with E-state index in [2.05, 4.69) is 15.4 Å². The minimum Gasteiger partial charge on any atom is -0.497 e. The molecule has 1 aromatic carbocycles. The van der Waals surface area contributed by atoms with Crippen molar-refractivity contribution in [3.63, 3.8) is 0 Å². The third-order valence-corrected chi connectivity index (χ3v) is 4.30. The van der Waals surface area contributed by atoms with E-state index >= 15 is 0 Å². The molecule has 1 amide bonds. The summed E-state index contributed by atoms with van der Waals surface area (Å²) in [7, 11) is 1.58. The number of nitrogens with zero attached hydrogens (tertiary/aromatic N) is 5. The van der Waals surface area contributed by atoms with Gasteiger partial charge in [-0.15, -0.1) is 10.2 Å². The average molecular weight is 389 g/mol. The molecule has 28 heavy (non-hydrogen) atoms. The lowest BCUT2D eigenvalue weighted by Crippen LogP contribution is -2.43. The quantitative estimate of drug-likeness (QED) is 0.843. The molecule has 150 valence electrons. The van der Waals surface area contributed by atoms with E-state index in [4.69, 9.17) is 9.47 Å². The van der Waals surface area contributed by atoms with Crippen molar-refractivity contribution in [1.29, 1.82) is 0 Å². The second-order valence-corrected chi connectivity index (χ2v) is 7.54. The largest absolute Gasteiger partial charge is 0.497 e. The van der Waals surface area contributed by atoms with Crippen molar-refractivity contribution in [3.8, 4) is 17.1 Å². The Hall–Kier alpha value is -3.17. The van der Waals surface area contributed by atoms with Crippen LogP contribution < -0.4 is 4.74 Å². The number of carbonyl (C=O) groups is 2. The second-order valence-electron chi connectivity index (χ2n) is 7.54. The van der Waals surface area contributed by atoms with Crippen LogP contribution in [0.1, 0.15) is 33.2 Å². The van der Waals surface area contributed by atoms with Gasteiger partial charge in [0.15, 0.2) is 0 Å². The number of methoxy groups -OCH3 is 1.